The maximum atomic E-state index is 12.9. The van der Waals surface area contributed by atoms with Crippen molar-refractivity contribution >= 4 is 44.9 Å². The topological polar surface area (TPSA) is 46.6 Å². The predicted molar refractivity (Wildman–Crippen MR) is 128 cm³/mol. The number of aryl methyl sites for hydroxylation is 1. The summed E-state index contributed by atoms with van der Waals surface area (Å²) in [6.07, 6.45) is 1.73. The number of benzene rings is 3. The first-order valence-electron chi connectivity index (χ1n) is 9.77. The molecule has 156 valence electrons. The van der Waals surface area contributed by atoms with Gasteiger partial charge in [-0.25, -0.2) is 0 Å². The average molecular weight is 494 g/mol. The van der Waals surface area contributed by atoms with Gasteiger partial charge in [0.25, 0.3) is 11.1 Å². The van der Waals surface area contributed by atoms with Gasteiger partial charge in [-0.05, 0) is 54.1 Å². The Kier molecular flexibility index (Phi) is 6.59. The van der Waals surface area contributed by atoms with Gasteiger partial charge in [0.15, 0.2) is 0 Å². The van der Waals surface area contributed by atoms with Crippen LogP contribution >= 0.6 is 27.7 Å². The molecule has 0 N–H and O–H groups in total. The predicted octanol–water partition coefficient (Wildman–Crippen LogP) is 6.57. The summed E-state index contributed by atoms with van der Waals surface area (Å²) in [7, 11) is 0. The van der Waals surface area contributed by atoms with Crippen molar-refractivity contribution in [1.82, 2.24) is 4.90 Å². The van der Waals surface area contributed by atoms with Gasteiger partial charge in [-0.3, -0.25) is 14.5 Å². The Morgan fingerprint density at radius 3 is 2.35 bits per heavy atom. The van der Waals surface area contributed by atoms with Gasteiger partial charge in [0, 0.05) is 10.0 Å². The van der Waals surface area contributed by atoms with Gasteiger partial charge in [-0.15, -0.1) is 0 Å². The van der Waals surface area contributed by atoms with Crippen LogP contribution in [0.4, 0.5) is 4.79 Å². The van der Waals surface area contributed by atoms with Gasteiger partial charge >= 0.3 is 0 Å². The van der Waals surface area contributed by atoms with Crippen LogP contribution in [0.3, 0.4) is 0 Å². The third kappa shape index (κ3) is 5.27. The number of carbonyl (C=O) groups excluding carboxylic acids is 2. The zero-order chi connectivity index (χ0) is 21.8. The molecule has 4 nitrogen and oxygen atoms in total. The number of thioether (sulfide) groups is 1. The molecule has 0 atom stereocenters. The van der Waals surface area contributed by atoms with Crippen LogP contribution in [0.2, 0.25) is 0 Å². The Bertz CT molecular complexity index is 1140. The second kappa shape index (κ2) is 9.54. The lowest BCUT2D eigenvalue weighted by atomic mass is 10.1. The molecular formula is C25H20BrNO3S. The molecule has 2 amide bonds. The number of hydrogen-bond acceptors (Lipinski definition) is 4. The molecule has 31 heavy (non-hydrogen) atoms. The number of imide groups is 1. The normalized spacial score (nSPS) is 15.0. The zero-order valence-electron chi connectivity index (χ0n) is 16.9. The molecule has 1 aliphatic heterocycles. The molecular weight excluding hydrogens is 474 g/mol. The van der Waals surface area contributed by atoms with Crippen LogP contribution in [0.15, 0.2) is 82.2 Å². The summed E-state index contributed by atoms with van der Waals surface area (Å²) in [6.45, 7) is 2.72. The van der Waals surface area contributed by atoms with Crippen molar-refractivity contribution in [3.05, 3.63) is 104 Å². The fourth-order valence-corrected chi connectivity index (χ4v) is 4.22. The minimum absolute atomic E-state index is 0.251. The van der Waals surface area contributed by atoms with Crippen LogP contribution in [0, 0.1) is 6.92 Å². The minimum Gasteiger partial charge on any atom is -0.488 e. The lowest BCUT2D eigenvalue weighted by molar-refractivity contribution is -0.123. The summed E-state index contributed by atoms with van der Waals surface area (Å²) < 4.78 is 6.95. The van der Waals surface area contributed by atoms with Crippen molar-refractivity contribution in [3.8, 4) is 5.75 Å². The third-order valence-corrected chi connectivity index (χ3v) is 6.28. The molecule has 0 aromatic heterocycles. The number of para-hydroxylation sites is 1. The quantitative estimate of drug-likeness (QED) is 0.364. The second-order valence-corrected chi connectivity index (χ2v) is 9.12. The summed E-state index contributed by atoms with van der Waals surface area (Å²) in [5, 5.41) is -0.266. The number of nitrogens with zero attached hydrogens (tertiary/aromatic N) is 1. The van der Waals surface area contributed by atoms with E-state index in [1.165, 1.54) is 10.5 Å². The first-order chi connectivity index (χ1) is 15.0. The smallest absolute Gasteiger partial charge is 0.293 e. The number of halogens is 1. The minimum atomic E-state index is -0.286. The Morgan fingerprint density at radius 2 is 1.61 bits per heavy atom. The van der Waals surface area contributed by atoms with Gasteiger partial charge in [0.2, 0.25) is 0 Å². The van der Waals surface area contributed by atoms with E-state index in [1.807, 2.05) is 79.7 Å². The van der Waals surface area contributed by atoms with Crippen molar-refractivity contribution in [2.45, 2.75) is 20.1 Å². The Balaban J connectivity index is 1.50. The van der Waals surface area contributed by atoms with Gasteiger partial charge in [0.05, 0.1) is 11.4 Å². The van der Waals surface area contributed by atoms with E-state index in [4.69, 9.17) is 4.74 Å². The molecule has 0 spiro atoms. The number of carbonyl (C=O) groups is 2. The third-order valence-electron chi connectivity index (χ3n) is 4.85. The van der Waals surface area contributed by atoms with Gasteiger partial charge in [0.1, 0.15) is 12.4 Å². The lowest BCUT2D eigenvalue weighted by Gasteiger charge is -2.12. The van der Waals surface area contributed by atoms with Crippen LogP contribution in [-0.4, -0.2) is 16.0 Å². The molecule has 1 aliphatic rings. The monoisotopic (exact) mass is 493 g/mol. The summed E-state index contributed by atoms with van der Waals surface area (Å²) in [6, 6.07) is 23.3. The number of hydrogen-bond donors (Lipinski definition) is 0. The standard InChI is InChI=1S/C25H20BrNO3S/c1-17-6-8-19(9-7-17)16-30-22-5-3-2-4-20(22)14-23-24(28)27(25(29)31-23)15-18-10-12-21(26)13-11-18/h2-14H,15-16H2,1H3/b23-14-. The first kappa shape index (κ1) is 21.4. The molecule has 3 aromatic rings. The fraction of sp³-hybridized carbons (Fsp3) is 0.120. The largest absolute Gasteiger partial charge is 0.488 e. The number of amides is 2. The highest BCUT2D eigenvalue weighted by atomic mass is 79.9. The first-order valence-corrected chi connectivity index (χ1v) is 11.4. The van der Waals surface area contributed by atoms with E-state index in [1.54, 1.807) is 6.08 Å². The molecule has 1 heterocycles. The van der Waals surface area contributed by atoms with E-state index < -0.39 is 0 Å². The molecule has 0 saturated carbocycles. The van der Waals surface area contributed by atoms with E-state index in [9.17, 15) is 9.59 Å². The summed E-state index contributed by atoms with van der Waals surface area (Å²) in [5.74, 6) is 0.383. The van der Waals surface area contributed by atoms with E-state index in [-0.39, 0.29) is 17.7 Å². The van der Waals surface area contributed by atoms with Crippen LogP contribution in [0.5, 0.6) is 5.75 Å². The number of rotatable bonds is 6. The Labute approximate surface area is 194 Å². The average Bonchev–Trinajstić information content (AvgIpc) is 3.03. The fourth-order valence-electron chi connectivity index (χ4n) is 3.13. The highest BCUT2D eigenvalue weighted by Gasteiger charge is 2.35. The summed E-state index contributed by atoms with van der Waals surface area (Å²) in [5.41, 5.74) is 3.93. The SMILES string of the molecule is Cc1ccc(COc2ccccc2/C=C2\SC(=O)N(Cc3ccc(Br)cc3)C2=O)cc1. The van der Waals surface area contributed by atoms with Crippen molar-refractivity contribution in [2.24, 2.45) is 0 Å². The molecule has 4 rings (SSSR count). The Hall–Kier alpha value is -2.83. The molecule has 1 fully saturated rings. The maximum absolute atomic E-state index is 12.9. The van der Waals surface area contributed by atoms with Crippen LogP contribution in [0.25, 0.3) is 6.08 Å². The molecule has 1 saturated heterocycles. The highest BCUT2D eigenvalue weighted by Crippen LogP contribution is 2.35. The van der Waals surface area contributed by atoms with Crippen molar-refractivity contribution in [1.29, 1.82) is 0 Å². The van der Waals surface area contributed by atoms with Crippen LogP contribution < -0.4 is 4.74 Å². The number of ether oxygens (including phenoxy) is 1. The summed E-state index contributed by atoms with van der Waals surface area (Å²) >= 11 is 4.35. The molecule has 3 aromatic carbocycles. The van der Waals surface area contributed by atoms with Crippen molar-refractivity contribution in [2.75, 3.05) is 0 Å². The van der Waals surface area contributed by atoms with Crippen LogP contribution in [-0.2, 0) is 17.9 Å². The Morgan fingerprint density at radius 1 is 0.935 bits per heavy atom. The summed E-state index contributed by atoms with van der Waals surface area (Å²) in [4.78, 5) is 27.0. The lowest BCUT2D eigenvalue weighted by Crippen LogP contribution is -2.27. The van der Waals surface area contributed by atoms with Gasteiger partial charge < -0.3 is 4.74 Å². The van der Waals surface area contributed by atoms with E-state index in [0.717, 1.165) is 32.9 Å². The van der Waals surface area contributed by atoms with Crippen molar-refractivity contribution < 1.29 is 14.3 Å². The maximum Gasteiger partial charge on any atom is 0.293 e. The van der Waals surface area contributed by atoms with Gasteiger partial charge in [-0.2, -0.15) is 0 Å². The molecule has 0 aliphatic carbocycles. The van der Waals surface area contributed by atoms with Gasteiger partial charge in [-0.1, -0.05) is 76.1 Å². The van der Waals surface area contributed by atoms with Crippen molar-refractivity contribution in [3.63, 3.8) is 0 Å². The van der Waals surface area contributed by atoms with Crippen LogP contribution in [0.1, 0.15) is 22.3 Å². The molecule has 0 unspecified atom stereocenters. The van der Waals surface area contributed by atoms with E-state index in [0.29, 0.717) is 17.3 Å². The second-order valence-electron chi connectivity index (χ2n) is 7.21. The molecule has 0 radical (unpaired) electrons. The molecule has 0 bridgehead atoms. The molecule has 6 heteroatoms. The highest BCUT2D eigenvalue weighted by molar-refractivity contribution is 9.10. The van der Waals surface area contributed by atoms with E-state index >= 15 is 0 Å². The van der Waals surface area contributed by atoms with E-state index in [2.05, 4.69) is 15.9 Å². The zero-order valence-corrected chi connectivity index (χ0v) is 19.3.